The third-order valence-corrected chi connectivity index (χ3v) is 3.63. The Kier molecular flexibility index (Phi) is 3.75. The maximum Gasteiger partial charge on any atom is 0.222 e. The molecule has 0 N–H and O–H groups in total. The minimum Gasteiger partial charge on any atom is -0.345 e. The van der Waals surface area contributed by atoms with Gasteiger partial charge in [0, 0.05) is 20.0 Å². The maximum atomic E-state index is 11.9. The van der Waals surface area contributed by atoms with Gasteiger partial charge in [0.25, 0.3) is 0 Å². The van der Waals surface area contributed by atoms with E-state index in [-0.39, 0.29) is 16.7 Å². The van der Waals surface area contributed by atoms with Gasteiger partial charge in [-0.3, -0.25) is 4.79 Å². The summed E-state index contributed by atoms with van der Waals surface area (Å²) in [6.07, 6.45) is 3.03. The molecule has 88 valence electrons. The van der Waals surface area contributed by atoms with Crippen LogP contribution in [0.5, 0.6) is 0 Å². The summed E-state index contributed by atoms with van der Waals surface area (Å²) in [5.41, 5.74) is 0.425. The van der Waals surface area contributed by atoms with E-state index in [1.165, 1.54) is 12.8 Å². The van der Waals surface area contributed by atoms with Crippen molar-refractivity contribution in [2.75, 3.05) is 19.3 Å². The monoisotopic (exact) mass is 229 g/mol. The van der Waals surface area contributed by atoms with Crippen molar-refractivity contribution in [2.45, 2.75) is 40.0 Å². The highest BCUT2D eigenvalue weighted by molar-refractivity contribution is 7.80. The van der Waals surface area contributed by atoms with Gasteiger partial charge in [-0.05, 0) is 29.4 Å². The molecule has 1 fully saturated rings. The van der Waals surface area contributed by atoms with Gasteiger partial charge in [-0.1, -0.05) is 20.8 Å². The number of carbonyl (C=O) groups excluding carboxylic acids is 1. The summed E-state index contributed by atoms with van der Waals surface area (Å²) in [6, 6.07) is 0. The normalized spacial score (nSPS) is 18.7. The topological polar surface area (TPSA) is 20.3 Å². The molecule has 3 heteroatoms. The third kappa shape index (κ3) is 4.06. The molecule has 0 heterocycles. The second-order valence-corrected chi connectivity index (χ2v) is 6.46. The predicted molar refractivity (Wildman–Crippen MR) is 67.2 cm³/mol. The van der Waals surface area contributed by atoms with E-state index in [9.17, 15) is 4.79 Å². The lowest BCUT2D eigenvalue weighted by Crippen LogP contribution is -2.35. The third-order valence-electron chi connectivity index (χ3n) is 2.96. The van der Waals surface area contributed by atoms with Crippen LogP contribution in [0.25, 0.3) is 0 Å². The molecule has 0 saturated heterocycles. The predicted octanol–water partition coefficient (Wildman–Crippen LogP) is 2.59. The first-order chi connectivity index (χ1) is 6.78. The molecule has 2 nitrogen and oxygen atoms in total. The number of amides is 1. The summed E-state index contributed by atoms with van der Waals surface area (Å²) in [5.74, 6) is 1.12. The van der Waals surface area contributed by atoms with E-state index in [4.69, 9.17) is 0 Å². The fraction of sp³-hybridized carbons (Fsp3) is 0.917. The molecule has 0 aliphatic heterocycles. The van der Waals surface area contributed by atoms with Gasteiger partial charge in [0.2, 0.25) is 5.91 Å². The van der Waals surface area contributed by atoms with Crippen LogP contribution in [0.1, 0.15) is 40.0 Å². The number of carbonyl (C=O) groups is 1. The van der Waals surface area contributed by atoms with E-state index in [0.29, 0.717) is 6.42 Å². The van der Waals surface area contributed by atoms with Gasteiger partial charge in [-0.15, -0.1) is 0 Å². The highest BCUT2D eigenvalue weighted by Gasteiger charge is 2.43. The van der Waals surface area contributed by atoms with Crippen molar-refractivity contribution in [3.8, 4) is 0 Å². The summed E-state index contributed by atoms with van der Waals surface area (Å²) in [7, 11) is 1.90. The smallest absolute Gasteiger partial charge is 0.222 e. The van der Waals surface area contributed by atoms with Crippen LogP contribution in [-0.2, 0) is 4.79 Å². The van der Waals surface area contributed by atoms with Crippen molar-refractivity contribution in [2.24, 2.45) is 10.8 Å². The van der Waals surface area contributed by atoms with Gasteiger partial charge < -0.3 is 4.90 Å². The largest absolute Gasteiger partial charge is 0.345 e. The van der Waals surface area contributed by atoms with Gasteiger partial charge in [0.1, 0.15) is 0 Å². The fourth-order valence-electron chi connectivity index (χ4n) is 1.82. The van der Waals surface area contributed by atoms with E-state index >= 15 is 0 Å². The Balaban J connectivity index is 2.40. The number of nitrogens with zero attached hydrogens (tertiary/aromatic N) is 1. The summed E-state index contributed by atoms with van der Waals surface area (Å²) in [5, 5.41) is 0. The maximum absolute atomic E-state index is 11.9. The van der Waals surface area contributed by atoms with E-state index in [1.807, 2.05) is 11.9 Å². The Bertz CT molecular complexity index is 240. The molecule has 1 amide bonds. The molecule has 1 rings (SSSR count). The van der Waals surface area contributed by atoms with Crippen LogP contribution in [0.2, 0.25) is 0 Å². The minimum atomic E-state index is 0.183. The van der Waals surface area contributed by atoms with Gasteiger partial charge in [-0.25, -0.2) is 0 Å². The SMILES string of the molecule is CN(CC(C)(C)C)C(=O)CC1(CS)CC1. The molecule has 0 radical (unpaired) electrons. The van der Waals surface area contributed by atoms with E-state index in [0.717, 1.165) is 12.3 Å². The number of hydrogen-bond donors (Lipinski definition) is 1. The van der Waals surface area contributed by atoms with E-state index in [1.54, 1.807) is 0 Å². The fourth-order valence-corrected chi connectivity index (χ4v) is 2.25. The average Bonchev–Trinajstić information content (AvgIpc) is 2.82. The highest BCUT2D eigenvalue weighted by Crippen LogP contribution is 2.49. The van der Waals surface area contributed by atoms with Crippen molar-refractivity contribution >= 4 is 18.5 Å². The number of rotatable bonds is 4. The van der Waals surface area contributed by atoms with Crippen LogP contribution >= 0.6 is 12.6 Å². The van der Waals surface area contributed by atoms with E-state index < -0.39 is 0 Å². The minimum absolute atomic E-state index is 0.183. The molecular weight excluding hydrogens is 206 g/mol. The quantitative estimate of drug-likeness (QED) is 0.735. The molecule has 0 aromatic rings. The van der Waals surface area contributed by atoms with E-state index in [2.05, 4.69) is 33.4 Å². The zero-order valence-corrected chi connectivity index (χ0v) is 11.2. The van der Waals surface area contributed by atoms with Crippen LogP contribution in [0.15, 0.2) is 0 Å². The van der Waals surface area contributed by atoms with Gasteiger partial charge >= 0.3 is 0 Å². The molecule has 1 aliphatic rings. The van der Waals surface area contributed by atoms with Crippen molar-refractivity contribution < 1.29 is 4.79 Å². The Morgan fingerprint density at radius 2 is 1.93 bits per heavy atom. The zero-order chi connectivity index (χ0) is 11.7. The standard InChI is InChI=1S/C12H23NOS/c1-11(2,3)8-13(4)10(14)7-12(9-15)5-6-12/h15H,5-9H2,1-4H3. The van der Waals surface area contributed by atoms with Crippen molar-refractivity contribution in [3.05, 3.63) is 0 Å². The van der Waals surface area contributed by atoms with Gasteiger partial charge in [-0.2, -0.15) is 12.6 Å². The number of thiol groups is 1. The second kappa shape index (κ2) is 4.36. The van der Waals surface area contributed by atoms with Crippen LogP contribution in [-0.4, -0.2) is 30.2 Å². The molecule has 15 heavy (non-hydrogen) atoms. The molecule has 1 saturated carbocycles. The van der Waals surface area contributed by atoms with Gasteiger partial charge in [0.15, 0.2) is 0 Å². The van der Waals surface area contributed by atoms with Crippen LogP contribution in [0.3, 0.4) is 0 Å². The first kappa shape index (κ1) is 12.9. The molecule has 0 aromatic carbocycles. The Morgan fingerprint density at radius 1 is 1.40 bits per heavy atom. The summed E-state index contributed by atoms with van der Waals surface area (Å²) < 4.78 is 0. The molecular formula is C12H23NOS. The molecule has 0 bridgehead atoms. The molecule has 0 aromatic heterocycles. The molecule has 0 atom stereocenters. The Labute approximate surface area is 98.8 Å². The average molecular weight is 229 g/mol. The second-order valence-electron chi connectivity index (χ2n) is 6.15. The van der Waals surface area contributed by atoms with Crippen LogP contribution < -0.4 is 0 Å². The summed E-state index contributed by atoms with van der Waals surface area (Å²) in [6.45, 7) is 7.29. The van der Waals surface area contributed by atoms with Crippen molar-refractivity contribution in [3.63, 3.8) is 0 Å². The van der Waals surface area contributed by atoms with Crippen molar-refractivity contribution in [1.82, 2.24) is 4.90 Å². The van der Waals surface area contributed by atoms with Gasteiger partial charge in [0.05, 0.1) is 0 Å². The lowest BCUT2D eigenvalue weighted by Gasteiger charge is -2.27. The van der Waals surface area contributed by atoms with Crippen LogP contribution in [0.4, 0.5) is 0 Å². The molecule has 0 spiro atoms. The Morgan fingerprint density at radius 3 is 2.27 bits per heavy atom. The summed E-state index contributed by atoms with van der Waals surface area (Å²) >= 11 is 4.32. The molecule has 1 aliphatic carbocycles. The first-order valence-corrected chi connectivity index (χ1v) is 6.26. The highest BCUT2D eigenvalue weighted by atomic mass is 32.1. The first-order valence-electron chi connectivity index (χ1n) is 5.63. The Hall–Kier alpha value is -0.180. The van der Waals surface area contributed by atoms with Crippen LogP contribution in [0, 0.1) is 10.8 Å². The molecule has 0 unspecified atom stereocenters. The zero-order valence-electron chi connectivity index (χ0n) is 10.3. The lowest BCUT2D eigenvalue weighted by molar-refractivity contribution is -0.132. The lowest BCUT2D eigenvalue weighted by atomic mass is 9.95. The number of hydrogen-bond acceptors (Lipinski definition) is 2. The summed E-state index contributed by atoms with van der Waals surface area (Å²) in [4.78, 5) is 13.8. The van der Waals surface area contributed by atoms with Crippen molar-refractivity contribution in [1.29, 1.82) is 0 Å².